The molecule has 5 heteroatoms. The lowest BCUT2D eigenvalue weighted by molar-refractivity contribution is -0.138. The van der Waals surface area contributed by atoms with E-state index in [1.165, 1.54) is 11.0 Å². The average molecular weight is 378 g/mol. The average Bonchev–Trinajstić information content (AvgIpc) is 3.28. The lowest BCUT2D eigenvalue weighted by Crippen LogP contribution is -2.34. The summed E-state index contributed by atoms with van der Waals surface area (Å²) in [4.78, 5) is 29.7. The fourth-order valence-corrected chi connectivity index (χ4v) is 3.90. The molecule has 2 aliphatic rings. The largest absolute Gasteiger partial charge is 0.366 e. The number of amides is 2. The Bertz CT molecular complexity index is 990. The van der Waals surface area contributed by atoms with Gasteiger partial charge in [0.25, 0.3) is 11.8 Å². The molecule has 0 N–H and O–H groups in total. The summed E-state index contributed by atoms with van der Waals surface area (Å²) in [6.45, 7) is 5.47. The number of nitrogens with zero attached hydrogens (tertiary/aromatic N) is 2. The minimum absolute atomic E-state index is 0.0595. The summed E-state index contributed by atoms with van der Waals surface area (Å²) in [5.41, 5.74) is 4.18. The summed E-state index contributed by atoms with van der Waals surface area (Å²) >= 11 is 0. The summed E-state index contributed by atoms with van der Waals surface area (Å²) in [6.07, 6.45) is 2.00. The first kappa shape index (κ1) is 18.4. The van der Waals surface area contributed by atoms with Crippen LogP contribution in [0, 0.1) is 19.7 Å². The highest BCUT2D eigenvalue weighted by Crippen LogP contribution is 2.35. The molecule has 0 unspecified atom stereocenters. The van der Waals surface area contributed by atoms with Crippen LogP contribution in [0.1, 0.15) is 35.1 Å². The molecule has 1 saturated heterocycles. The van der Waals surface area contributed by atoms with Crippen molar-refractivity contribution in [3.8, 4) is 0 Å². The summed E-state index contributed by atoms with van der Waals surface area (Å²) < 4.78 is 14.1. The van der Waals surface area contributed by atoms with Crippen LogP contribution in [0.25, 0.3) is 5.57 Å². The number of carbonyl (C=O) groups excluding carboxylic acids is 2. The minimum Gasteiger partial charge on any atom is -0.366 e. The van der Waals surface area contributed by atoms with E-state index in [2.05, 4.69) is 0 Å². The van der Waals surface area contributed by atoms with Crippen LogP contribution in [-0.4, -0.2) is 34.7 Å². The molecule has 0 spiro atoms. The van der Waals surface area contributed by atoms with E-state index in [1.54, 1.807) is 18.2 Å². The molecule has 1 fully saturated rings. The fraction of sp³-hybridized carbons (Fsp3) is 0.304. The van der Waals surface area contributed by atoms with Gasteiger partial charge in [0.1, 0.15) is 11.5 Å². The Morgan fingerprint density at radius 1 is 0.929 bits per heavy atom. The van der Waals surface area contributed by atoms with E-state index >= 15 is 0 Å². The monoisotopic (exact) mass is 378 g/mol. The minimum atomic E-state index is -0.412. The maximum Gasteiger partial charge on any atom is 0.278 e. The highest BCUT2D eigenvalue weighted by molar-refractivity contribution is 6.35. The number of rotatable bonds is 4. The van der Waals surface area contributed by atoms with Crippen LogP contribution in [0.5, 0.6) is 0 Å². The molecule has 4 rings (SSSR count). The predicted octanol–water partition coefficient (Wildman–Crippen LogP) is 3.82. The van der Waals surface area contributed by atoms with Gasteiger partial charge in [-0.15, -0.1) is 0 Å². The highest BCUT2D eigenvalue weighted by Gasteiger charge is 2.42. The molecule has 4 nitrogen and oxygen atoms in total. The quantitative estimate of drug-likeness (QED) is 0.760. The van der Waals surface area contributed by atoms with E-state index in [0.29, 0.717) is 16.8 Å². The van der Waals surface area contributed by atoms with Crippen LogP contribution in [0.15, 0.2) is 48.2 Å². The zero-order valence-corrected chi connectivity index (χ0v) is 16.2. The van der Waals surface area contributed by atoms with E-state index in [9.17, 15) is 14.0 Å². The first-order valence-electron chi connectivity index (χ1n) is 9.64. The molecular formula is C23H23FN2O2. The lowest BCUT2D eigenvalue weighted by atomic mass is 9.99. The van der Waals surface area contributed by atoms with Gasteiger partial charge in [0.15, 0.2) is 0 Å². The Morgan fingerprint density at radius 3 is 2.32 bits per heavy atom. The number of likely N-dealkylation sites (tertiary alicyclic amines) is 1. The molecule has 0 aromatic heterocycles. The number of halogens is 1. The van der Waals surface area contributed by atoms with Crippen LogP contribution < -0.4 is 0 Å². The summed E-state index contributed by atoms with van der Waals surface area (Å²) in [7, 11) is 0. The Morgan fingerprint density at radius 2 is 1.64 bits per heavy atom. The maximum absolute atomic E-state index is 14.1. The van der Waals surface area contributed by atoms with E-state index in [0.717, 1.165) is 42.6 Å². The van der Waals surface area contributed by atoms with Crippen LogP contribution in [0.3, 0.4) is 0 Å². The van der Waals surface area contributed by atoms with Crippen molar-refractivity contribution in [2.24, 2.45) is 0 Å². The van der Waals surface area contributed by atoms with Crippen LogP contribution >= 0.6 is 0 Å². The second-order valence-corrected chi connectivity index (χ2v) is 7.50. The number of carbonyl (C=O) groups is 2. The fourth-order valence-electron chi connectivity index (χ4n) is 3.90. The van der Waals surface area contributed by atoms with Gasteiger partial charge in [-0.2, -0.15) is 0 Å². The third-order valence-corrected chi connectivity index (χ3v) is 5.65. The first-order valence-corrected chi connectivity index (χ1v) is 9.64. The van der Waals surface area contributed by atoms with Gasteiger partial charge in [-0.25, -0.2) is 4.39 Å². The van der Waals surface area contributed by atoms with Gasteiger partial charge in [-0.1, -0.05) is 36.4 Å². The third kappa shape index (κ3) is 3.11. The first-order chi connectivity index (χ1) is 13.5. The van der Waals surface area contributed by atoms with Crippen molar-refractivity contribution in [2.75, 3.05) is 13.1 Å². The van der Waals surface area contributed by atoms with Crippen molar-refractivity contribution in [3.05, 3.63) is 76.2 Å². The topological polar surface area (TPSA) is 40.6 Å². The van der Waals surface area contributed by atoms with Crippen molar-refractivity contribution >= 4 is 17.4 Å². The van der Waals surface area contributed by atoms with Crippen molar-refractivity contribution in [1.82, 2.24) is 9.80 Å². The number of hydrogen-bond acceptors (Lipinski definition) is 3. The highest BCUT2D eigenvalue weighted by atomic mass is 19.1. The summed E-state index contributed by atoms with van der Waals surface area (Å²) in [6, 6.07) is 12.1. The Balaban J connectivity index is 1.77. The molecule has 0 bridgehead atoms. The lowest BCUT2D eigenvalue weighted by Gasteiger charge is -2.20. The molecule has 0 aliphatic carbocycles. The van der Waals surface area contributed by atoms with Crippen molar-refractivity contribution in [1.29, 1.82) is 0 Å². The smallest absolute Gasteiger partial charge is 0.278 e. The van der Waals surface area contributed by atoms with Gasteiger partial charge in [0, 0.05) is 18.7 Å². The summed E-state index contributed by atoms with van der Waals surface area (Å²) in [5, 5.41) is 0. The molecule has 2 aromatic rings. The molecule has 2 aliphatic heterocycles. The van der Waals surface area contributed by atoms with Gasteiger partial charge in [0.2, 0.25) is 0 Å². The van der Waals surface area contributed by atoms with Gasteiger partial charge >= 0.3 is 0 Å². The van der Waals surface area contributed by atoms with Crippen LogP contribution in [-0.2, 0) is 16.1 Å². The van der Waals surface area contributed by atoms with E-state index in [1.807, 2.05) is 36.9 Å². The van der Waals surface area contributed by atoms with Crippen molar-refractivity contribution < 1.29 is 14.0 Å². The zero-order chi connectivity index (χ0) is 19.8. The van der Waals surface area contributed by atoms with E-state index in [-0.39, 0.29) is 18.4 Å². The van der Waals surface area contributed by atoms with Crippen LogP contribution in [0.2, 0.25) is 0 Å². The number of benzene rings is 2. The zero-order valence-electron chi connectivity index (χ0n) is 16.2. The van der Waals surface area contributed by atoms with Crippen molar-refractivity contribution in [3.63, 3.8) is 0 Å². The number of hydrogen-bond donors (Lipinski definition) is 0. The predicted molar refractivity (Wildman–Crippen MR) is 106 cm³/mol. The molecule has 2 aromatic carbocycles. The van der Waals surface area contributed by atoms with Gasteiger partial charge in [-0.3, -0.25) is 14.5 Å². The Hall–Kier alpha value is -2.95. The van der Waals surface area contributed by atoms with Gasteiger partial charge in [-0.05, 0) is 49.4 Å². The SMILES string of the molecule is Cc1ccc(C2=C(N3CCCC3)C(=O)N(Cc3ccccc3F)C2=O)cc1C. The second kappa shape index (κ2) is 7.23. The molecule has 0 saturated carbocycles. The second-order valence-electron chi connectivity index (χ2n) is 7.50. The van der Waals surface area contributed by atoms with Gasteiger partial charge < -0.3 is 4.90 Å². The number of imide groups is 1. The van der Waals surface area contributed by atoms with Gasteiger partial charge in [0.05, 0.1) is 12.1 Å². The number of aryl methyl sites for hydroxylation is 2. The van der Waals surface area contributed by atoms with E-state index < -0.39 is 5.82 Å². The van der Waals surface area contributed by atoms with E-state index in [4.69, 9.17) is 0 Å². The Kier molecular flexibility index (Phi) is 4.75. The normalized spacial score (nSPS) is 17.2. The molecule has 144 valence electrons. The molecule has 0 atom stereocenters. The maximum atomic E-state index is 14.1. The summed E-state index contributed by atoms with van der Waals surface area (Å²) in [5.74, 6) is -1.09. The third-order valence-electron chi connectivity index (χ3n) is 5.65. The Labute approximate surface area is 164 Å². The standard InChI is InChI=1S/C23H23FN2O2/c1-15-9-10-17(13-16(15)2)20-21(25-11-5-6-12-25)23(28)26(22(20)27)14-18-7-3-4-8-19(18)24/h3-4,7-10,13H,5-6,11-12,14H2,1-2H3. The molecule has 0 radical (unpaired) electrons. The molecule has 28 heavy (non-hydrogen) atoms. The molecular weight excluding hydrogens is 355 g/mol. The van der Waals surface area contributed by atoms with Crippen LogP contribution in [0.4, 0.5) is 4.39 Å². The molecule has 2 heterocycles. The molecule has 2 amide bonds. The van der Waals surface area contributed by atoms with Crippen molar-refractivity contribution in [2.45, 2.75) is 33.2 Å².